The fraction of sp³-hybridized carbons (Fsp3) is 0.125. The van der Waals surface area contributed by atoms with Gasteiger partial charge in [0, 0.05) is 39.8 Å². The van der Waals surface area contributed by atoms with Gasteiger partial charge in [0.25, 0.3) is 11.8 Å². The van der Waals surface area contributed by atoms with Crippen LogP contribution in [0, 0.1) is 11.3 Å². The zero-order valence-corrected chi connectivity index (χ0v) is 18.1. The maximum Gasteiger partial charge on any atom is 0.256 e. The number of nitriles is 1. The Hall–Kier alpha value is -3.27. The second-order valence-corrected chi connectivity index (χ2v) is 8.18. The lowest BCUT2D eigenvalue weighted by molar-refractivity contribution is 0.0766. The van der Waals surface area contributed by atoms with Gasteiger partial charge < -0.3 is 10.2 Å². The van der Waals surface area contributed by atoms with Crippen molar-refractivity contribution in [2.45, 2.75) is 24.4 Å². The molecule has 7 heteroatoms. The number of nitrogens with zero attached hydrogens (tertiary/aromatic N) is 2. The molecule has 1 aliphatic heterocycles. The van der Waals surface area contributed by atoms with Crippen molar-refractivity contribution >= 4 is 41.7 Å². The number of rotatable bonds is 5. The fourth-order valence-corrected chi connectivity index (χ4v) is 4.08. The molecule has 154 valence electrons. The van der Waals surface area contributed by atoms with Crippen LogP contribution in [0.5, 0.6) is 0 Å². The number of nitrogens with one attached hydrogen (secondary N) is 1. The number of carbonyl (C=O) groups is 2. The molecule has 1 heterocycles. The Morgan fingerprint density at radius 1 is 1.13 bits per heavy atom. The number of halogens is 1. The van der Waals surface area contributed by atoms with Crippen LogP contribution in [0.2, 0.25) is 5.02 Å². The van der Waals surface area contributed by atoms with Crippen LogP contribution < -0.4 is 5.32 Å². The highest BCUT2D eigenvalue weighted by molar-refractivity contribution is 7.80. The SMILES string of the molecule is N#CCc1cccc(CN2Cc3c(NC(=O)c4cc(Cl)ccc4S)cccc3C2=O)c1. The number of hydrogen-bond donors (Lipinski definition) is 2. The summed E-state index contributed by atoms with van der Waals surface area (Å²) in [7, 11) is 0. The third-order valence-electron chi connectivity index (χ3n) is 5.14. The number of amides is 2. The van der Waals surface area contributed by atoms with Crippen molar-refractivity contribution in [3.8, 4) is 6.07 Å². The molecule has 0 saturated heterocycles. The lowest BCUT2D eigenvalue weighted by Gasteiger charge is -2.16. The molecule has 3 aromatic carbocycles. The maximum absolute atomic E-state index is 12.9. The summed E-state index contributed by atoms with van der Waals surface area (Å²) in [5.74, 6) is -0.426. The Morgan fingerprint density at radius 3 is 2.71 bits per heavy atom. The third-order valence-corrected chi connectivity index (χ3v) is 5.77. The number of hydrogen-bond acceptors (Lipinski definition) is 4. The zero-order chi connectivity index (χ0) is 22.0. The first kappa shape index (κ1) is 21.0. The predicted octanol–water partition coefficient (Wildman–Crippen LogP) is 5.10. The summed E-state index contributed by atoms with van der Waals surface area (Å²) in [6.07, 6.45) is 0.328. The summed E-state index contributed by atoms with van der Waals surface area (Å²) in [6.45, 7) is 0.811. The Balaban J connectivity index is 1.56. The van der Waals surface area contributed by atoms with Gasteiger partial charge in [-0.3, -0.25) is 9.59 Å². The molecule has 0 aromatic heterocycles. The fourth-order valence-electron chi connectivity index (χ4n) is 3.66. The van der Waals surface area contributed by atoms with E-state index < -0.39 is 0 Å². The summed E-state index contributed by atoms with van der Waals surface area (Å²) in [6, 6.07) is 20.0. The first-order valence-corrected chi connectivity index (χ1v) is 10.4. The molecule has 0 atom stereocenters. The van der Waals surface area contributed by atoms with E-state index in [0.717, 1.165) is 16.7 Å². The maximum atomic E-state index is 12.9. The minimum atomic E-state index is -0.337. The first-order valence-electron chi connectivity index (χ1n) is 9.62. The van der Waals surface area contributed by atoms with Gasteiger partial charge in [-0.1, -0.05) is 41.9 Å². The highest BCUT2D eigenvalue weighted by Crippen LogP contribution is 2.31. The van der Waals surface area contributed by atoms with Gasteiger partial charge in [-0.25, -0.2) is 0 Å². The molecule has 0 aliphatic carbocycles. The van der Waals surface area contributed by atoms with Crippen molar-refractivity contribution in [2.75, 3.05) is 5.32 Å². The highest BCUT2D eigenvalue weighted by Gasteiger charge is 2.30. The van der Waals surface area contributed by atoms with Gasteiger partial charge in [-0.2, -0.15) is 5.26 Å². The van der Waals surface area contributed by atoms with Crippen LogP contribution in [0.1, 0.15) is 37.4 Å². The van der Waals surface area contributed by atoms with Crippen LogP contribution in [-0.4, -0.2) is 16.7 Å². The number of thiol groups is 1. The standard InChI is InChI=1S/C24H18ClN3O2S/c25-17-7-8-22(31)19(12-17)23(29)27-21-6-2-5-18-20(21)14-28(24(18)30)13-16-4-1-3-15(11-16)9-10-26/h1-8,11-12,31H,9,13-14H2,(H,27,29). The summed E-state index contributed by atoms with van der Waals surface area (Å²) in [5.41, 5.74) is 4.17. The number of anilines is 1. The monoisotopic (exact) mass is 447 g/mol. The average molecular weight is 448 g/mol. The largest absolute Gasteiger partial charge is 0.330 e. The molecule has 0 unspecified atom stereocenters. The third kappa shape index (κ3) is 4.43. The normalized spacial score (nSPS) is 12.4. The van der Waals surface area contributed by atoms with Crippen molar-refractivity contribution in [3.05, 3.63) is 93.5 Å². The summed E-state index contributed by atoms with van der Waals surface area (Å²) >= 11 is 10.4. The quantitative estimate of drug-likeness (QED) is 0.534. The second-order valence-electron chi connectivity index (χ2n) is 7.26. The van der Waals surface area contributed by atoms with Crippen LogP contribution in [-0.2, 0) is 19.5 Å². The van der Waals surface area contributed by atoms with Gasteiger partial charge in [0.15, 0.2) is 0 Å². The van der Waals surface area contributed by atoms with Crippen LogP contribution in [0.3, 0.4) is 0 Å². The molecular formula is C24H18ClN3O2S. The molecule has 0 spiro atoms. The molecule has 0 bridgehead atoms. The molecule has 4 rings (SSSR count). The summed E-state index contributed by atoms with van der Waals surface area (Å²) in [4.78, 5) is 28.0. The van der Waals surface area contributed by atoms with Crippen LogP contribution in [0.4, 0.5) is 5.69 Å². The second kappa shape index (κ2) is 8.84. The molecule has 0 saturated carbocycles. The Kier molecular flexibility index (Phi) is 5.99. The topological polar surface area (TPSA) is 73.2 Å². The number of carbonyl (C=O) groups excluding carboxylic acids is 2. The number of fused-ring (bicyclic) bond motifs is 1. The van der Waals surface area contributed by atoms with E-state index in [9.17, 15) is 9.59 Å². The smallest absolute Gasteiger partial charge is 0.256 e. The van der Waals surface area contributed by atoms with E-state index in [1.54, 1.807) is 41.3 Å². The zero-order valence-electron chi connectivity index (χ0n) is 16.4. The van der Waals surface area contributed by atoms with E-state index in [2.05, 4.69) is 24.0 Å². The highest BCUT2D eigenvalue weighted by atomic mass is 35.5. The molecule has 5 nitrogen and oxygen atoms in total. The molecular weight excluding hydrogens is 430 g/mol. The average Bonchev–Trinajstić information content (AvgIpc) is 3.07. The van der Waals surface area contributed by atoms with Gasteiger partial charge in [0.05, 0.1) is 18.1 Å². The first-order chi connectivity index (χ1) is 15.0. The van der Waals surface area contributed by atoms with E-state index >= 15 is 0 Å². The van der Waals surface area contributed by atoms with E-state index in [1.807, 2.05) is 24.3 Å². The van der Waals surface area contributed by atoms with Crippen molar-refractivity contribution in [2.24, 2.45) is 0 Å². The van der Waals surface area contributed by atoms with E-state index in [-0.39, 0.29) is 11.8 Å². The van der Waals surface area contributed by atoms with Crippen LogP contribution in [0.25, 0.3) is 0 Å². The minimum Gasteiger partial charge on any atom is -0.330 e. The van der Waals surface area contributed by atoms with Gasteiger partial charge in [0.2, 0.25) is 0 Å². The van der Waals surface area contributed by atoms with Crippen LogP contribution in [0.15, 0.2) is 65.6 Å². The molecule has 3 aromatic rings. The van der Waals surface area contributed by atoms with Crippen molar-refractivity contribution in [1.29, 1.82) is 5.26 Å². The lowest BCUT2D eigenvalue weighted by Crippen LogP contribution is -2.23. The van der Waals surface area contributed by atoms with Gasteiger partial charge in [0.1, 0.15) is 0 Å². The Morgan fingerprint density at radius 2 is 1.90 bits per heavy atom. The molecule has 31 heavy (non-hydrogen) atoms. The molecule has 0 fully saturated rings. The molecule has 1 N–H and O–H groups in total. The van der Waals surface area contributed by atoms with Crippen molar-refractivity contribution in [3.63, 3.8) is 0 Å². The summed E-state index contributed by atoms with van der Waals surface area (Å²) < 4.78 is 0. The van der Waals surface area contributed by atoms with Gasteiger partial charge >= 0.3 is 0 Å². The number of benzene rings is 3. The van der Waals surface area contributed by atoms with Gasteiger partial charge in [-0.05, 0) is 41.5 Å². The van der Waals surface area contributed by atoms with E-state index in [4.69, 9.17) is 16.9 Å². The van der Waals surface area contributed by atoms with Gasteiger partial charge in [-0.15, -0.1) is 12.6 Å². The van der Waals surface area contributed by atoms with E-state index in [1.165, 1.54) is 0 Å². The van der Waals surface area contributed by atoms with Crippen molar-refractivity contribution < 1.29 is 9.59 Å². The molecule has 1 aliphatic rings. The lowest BCUT2D eigenvalue weighted by atomic mass is 10.1. The minimum absolute atomic E-state index is 0.0885. The molecule has 2 amide bonds. The Bertz CT molecular complexity index is 1240. The van der Waals surface area contributed by atoms with Crippen LogP contribution >= 0.6 is 24.2 Å². The van der Waals surface area contributed by atoms with E-state index in [0.29, 0.717) is 46.2 Å². The molecule has 0 radical (unpaired) electrons. The predicted molar refractivity (Wildman–Crippen MR) is 122 cm³/mol. The van der Waals surface area contributed by atoms with Crippen molar-refractivity contribution in [1.82, 2.24) is 4.90 Å². The summed E-state index contributed by atoms with van der Waals surface area (Å²) in [5, 5.41) is 12.3. The Labute approximate surface area is 190 Å².